The molecule has 0 aliphatic carbocycles. The summed E-state index contributed by atoms with van der Waals surface area (Å²) in [4.78, 5) is 24.1. The Balaban J connectivity index is 1.50. The Labute approximate surface area is 202 Å². The molecule has 1 amide bonds. The largest absolute Gasteiger partial charge is 0.487 e. The standard InChI is InChI=1S/C21H19N7O4S2/c1-4-32-17-8-7-13(10-16(17)28(30)31)18(29)23-20(33)22-15-9-14(6-5-11(15)2)19-26-27-12(3)24-25-21(27)34-19/h5-10H,4H2,1-3H3,(H2,22,23,29,33). The summed E-state index contributed by atoms with van der Waals surface area (Å²) in [5, 5.41) is 30.3. The van der Waals surface area contributed by atoms with Gasteiger partial charge in [0.25, 0.3) is 5.91 Å². The number of benzene rings is 2. The van der Waals surface area contributed by atoms with Gasteiger partial charge in [-0.1, -0.05) is 23.5 Å². The van der Waals surface area contributed by atoms with Crippen molar-refractivity contribution >= 4 is 50.9 Å². The molecule has 34 heavy (non-hydrogen) atoms. The Morgan fingerprint density at radius 1 is 1.24 bits per heavy atom. The van der Waals surface area contributed by atoms with Crippen LogP contribution < -0.4 is 15.4 Å². The van der Waals surface area contributed by atoms with E-state index in [9.17, 15) is 14.9 Å². The van der Waals surface area contributed by atoms with Crippen LogP contribution in [0.25, 0.3) is 15.5 Å². The molecule has 0 fully saturated rings. The van der Waals surface area contributed by atoms with Crippen molar-refractivity contribution in [1.82, 2.24) is 25.1 Å². The second kappa shape index (κ2) is 9.49. The van der Waals surface area contributed by atoms with Gasteiger partial charge in [-0.3, -0.25) is 20.2 Å². The number of thiocarbonyl (C=S) groups is 1. The molecule has 0 unspecified atom stereocenters. The number of anilines is 1. The van der Waals surface area contributed by atoms with Crippen LogP contribution in [0.4, 0.5) is 11.4 Å². The number of rotatable bonds is 6. The first-order chi connectivity index (χ1) is 16.3. The van der Waals surface area contributed by atoms with Crippen molar-refractivity contribution in [2.45, 2.75) is 20.8 Å². The molecule has 0 saturated heterocycles. The zero-order chi connectivity index (χ0) is 24.4. The summed E-state index contributed by atoms with van der Waals surface area (Å²) >= 11 is 6.71. The number of aryl methyl sites for hydroxylation is 2. The third-order valence-corrected chi connectivity index (χ3v) is 5.98. The zero-order valence-electron chi connectivity index (χ0n) is 18.4. The van der Waals surface area contributed by atoms with Crippen LogP contribution in [0, 0.1) is 24.0 Å². The number of nitrogens with zero attached hydrogens (tertiary/aromatic N) is 5. The van der Waals surface area contributed by atoms with Crippen LogP contribution in [0.5, 0.6) is 5.75 Å². The van der Waals surface area contributed by atoms with Crippen LogP contribution in [-0.2, 0) is 0 Å². The van der Waals surface area contributed by atoms with Crippen LogP contribution in [-0.4, -0.2) is 42.4 Å². The smallest absolute Gasteiger partial charge is 0.311 e. The molecule has 4 aromatic rings. The number of fused-ring (bicyclic) bond motifs is 1. The predicted octanol–water partition coefficient (Wildman–Crippen LogP) is 3.90. The number of ether oxygens (including phenoxy) is 1. The number of aromatic nitrogens is 4. The molecule has 0 aliphatic rings. The van der Waals surface area contributed by atoms with Gasteiger partial charge in [-0.25, -0.2) is 0 Å². The van der Waals surface area contributed by atoms with Gasteiger partial charge in [-0.2, -0.15) is 9.61 Å². The monoisotopic (exact) mass is 497 g/mol. The van der Waals surface area contributed by atoms with Gasteiger partial charge in [0.2, 0.25) is 4.96 Å². The van der Waals surface area contributed by atoms with Gasteiger partial charge in [0.15, 0.2) is 16.7 Å². The third kappa shape index (κ3) is 4.70. The average Bonchev–Trinajstić information content (AvgIpc) is 3.37. The van der Waals surface area contributed by atoms with E-state index in [2.05, 4.69) is 25.9 Å². The van der Waals surface area contributed by atoms with Gasteiger partial charge >= 0.3 is 5.69 Å². The molecule has 0 radical (unpaired) electrons. The van der Waals surface area contributed by atoms with Gasteiger partial charge in [0, 0.05) is 22.9 Å². The number of amides is 1. The predicted molar refractivity (Wildman–Crippen MR) is 132 cm³/mol. The first-order valence-electron chi connectivity index (χ1n) is 10.1. The Kier molecular flexibility index (Phi) is 6.47. The molecule has 2 aromatic carbocycles. The fourth-order valence-electron chi connectivity index (χ4n) is 3.13. The van der Waals surface area contributed by atoms with E-state index in [1.807, 2.05) is 32.0 Å². The molecule has 2 aromatic heterocycles. The van der Waals surface area contributed by atoms with Gasteiger partial charge in [-0.05, 0) is 56.8 Å². The number of nitro benzene ring substituents is 1. The summed E-state index contributed by atoms with van der Waals surface area (Å²) in [6, 6.07) is 9.71. The SMILES string of the molecule is CCOc1ccc(C(=O)NC(=S)Nc2cc(-c3nn4c(C)nnc4s3)ccc2C)cc1[N+](=O)[O-]. The van der Waals surface area contributed by atoms with E-state index in [1.165, 1.54) is 23.5 Å². The lowest BCUT2D eigenvalue weighted by atomic mass is 10.1. The molecule has 13 heteroatoms. The fourth-order valence-corrected chi connectivity index (χ4v) is 4.21. The van der Waals surface area contributed by atoms with Crippen LogP contribution in [0.1, 0.15) is 28.7 Å². The van der Waals surface area contributed by atoms with Gasteiger partial charge < -0.3 is 10.1 Å². The van der Waals surface area contributed by atoms with Crippen molar-refractivity contribution in [2.24, 2.45) is 0 Å². The van der Waals surface area contributed by atoms with E-state index in [1.54, 1.807) is 11.4 Å². The Bertz CT molecular complexity index is 1430. The lowest BCUT2D eigenvalue weighted by Crippen LogP contribution is -2.34. The molecule has 0 atom stereocenters. The highest BCUT2D eigenvalue weighted by molar-refractivity contribution is 7.80. The minimum atomic E-state index is -0.597. The Morgan fingerprint density at radius 2 is 2.03 bits per heavy atom. The Morgan fingerprint density at radius 3 is 2.74 bits per heavy atom. The summed E-state index contributed by atoms with van der Waals surface area (Å²) in [5.41, 5.74) is 2.22. The normalized spacial score (nSPS) is 10.8. The highest BCUT2D eigenvalue weighted by atomic mass is 32.1. The highest BCUT2D eigenvalue weighted by Crippen LogP contribution is 2.30. The van der Waals surface area contributed by atoms with E-state index in [0.717, 1.165) is 22.2 Å². The zero-order valence-corrected chi connectivity index (χ0v) is 20.0. The molecule has 0 bridgehead atoms. The quantitative estimate of drug-likeness (QED) is 0.231. The molecule has 174 valence electrons. The van der Waals surface area contributed by atoms with E-state index >= 15 is 0 Å². The maximum Gasteiger partial charge on any atom is 0.311 e. The van der Waals surface area contributed by atoms with Gasteiger partial charge in [0.05, 0.1) is 11.5 Å². The number of hydrogen-bond acceptors (Lipinski definition) is 9. The Hall–Kier alpha value is -3.97. The molecule has 0 saturated carbocycles. The van der Waals surface area contributed by atoms with Crippen molar-refractivity contribution in [3.8, 4) is 16.3 Å². The number of hydrogen-bond donors (Lipinski definition) is 2. The summed E-state index contributed by atoms with van der Waals surface area (Å²) in [5.74, 6) is 0.209. The first-order valence-corrected chi connectivity index (χ1v) is 11.3. The van der Waals surface area contributed by atoms with Crippen LogP contribution in [0.3, 0.4) is 0 Å². The lowest BCUT2D eigenvalue weighted by Gasteiger charge is -2.13. The van der Waals surface area contributed by atoms with E-state index in [0.29, 0.717) is 16.5 Å². The minimum Gasteiger partial charge on any atom is -0.487 e. The van der Waals surface area contributed by atoms with Crippen molar-refractivity contribution < 1.29 is 14.5 Å². The number of carbonyl (C=O) groups excluding carboxylic acids is 1. The maximum atomic E-state index is 12.6. The van der Waals surface area contributed by atoms with Crippen molar-refractivity contribution in [2.75, 3.05) is 11.9 Å². The molecule has 2 heterocycles. The van der Waals surface area contributed by atoms with Crippen molar-refractivity contribution in [3.63, 3.8) is 0 Å². The van der Waals surface area contributed by atoms with Crippen LogP contribution >= 0.6 is 23.6 Å². The summed E-state index contributed by atoms with van der Waals surface area (Å²) < 4.78 is 6.92. The minimum absolute atomic E-state index is 0.0516. The molecule has 4 rings (SSSR count). The van der Waals surface area contributed by atoms with E-state index < -0.39 is 10.8 Å². The number of carbonyl (C=O) groups is 1. The first kappa shape index (κ1) is 23.2. The van der Waals surface area contributed by atoms with Gasteiger partial charge in [-0.15, -0.1) is 10.2 Å². The second-order valence-electron chi connectivity index (χ2n) is 7.16. The molecule has 0 aliphatic heterocycles. The number of nitrogens with one attached hydrogen (secondary N) is 2. The van der Waals surface area contributed by atoms with E-state index in [-0.39, 0.29) is 28.7 Å². The molecule has 0 spiro atoms. The fraction of sp³-hybridized carbons (Fsp3) is 0.190. The molecule has 11 nitrogen and oxygen atoms in total. The molecular weight excluding hydrogens is 478 g/mol. The van der Waals surface area contributed by atoms with Crippen LogP contribution in [0.2, 0.25) is 0 Å². The van der Waals surface area contributed by atoms with E-state index in [4.69, 9.17) is 17.0 Å². The highest BCUT2D eigenvalue weighted by Gasteiger charge is 2.19. The average molecular weight is 498 g/mol. The molecule has 2 N–H and O–H groups in total. The third-order valence-electron chi connectivity index (χ3n) is 4.82. The summed E-state index contributed by atoms with van der Waals surface area (Å²) in [6.07, 6.45) is 0. The van der Waals surface area contributed by atoms with Crippen molar-refractivity contribution in [1.29, 1.82) is 0 Å². The van der Waals surface area contributed by atoms with Crippen molar-refractivity contribution in [3.05, 3.63) is 63.5 Å². The topological polar surface area (TPSA) is 137 Å². The second-order valence-corrected chi connectivity index (χ2v) is 8.52. The number of nitro groups is 1. The summed E-state index contributed by atoms with van der Waals surface area (Å²) in [7, 11) is 0. The maximum absolute atomic E-state index is 12.6. The van der Waals surface area contributed by atoms with Gasteiger partial charge in [0.1, 0.15) is 5.01 Å². The molecular formula is C21H19N7O4S2. The van der Waals surface area contributed by atoms with Crippen LogP contribution in [0.15, 0.2) is 36.4 Å². The lowest BCUT2D eigenvalue weighted by molar-refractivity contribution is -0.385. The summed E-state index contributed by atoms with van der Waals surface area (Å²) in [6.45, 7) is 5.71.